The van der Waals surface area contributed by atoms with Crippen LogP contribution in [0, 0.1) is 11.8 Å². The first-order valence-corrected chi connectivity index (χ1v) is 4.74. The molecule has 4 N–H and O–H groups in total. The summed E-state index contributed by atoms with van der Waals surface area (Å²) in [5.74, 6) is 3.07. The molecule has 2 rings (SSSR count). The van der Waals surface area contributed by atoms with Gasteiger partial charge in [-0.2, -0.15) is 0 Å². The van der Waals surface area contributed by atoms with Crippen molar-refractivity contribution in [2.45, 2.75) is 0 Å². The van der Waals surface area contributed by atoms with Crippen LogP contribution in [0.5, 0.6) is 0 Å². The quantitative estimate of drug-likeness (QED) is 0.627. The third kappa shape index (κ3) is 2.26. The second-order valence-corrected chi connectivity index (χ2v) is 3.40. The number of aromatic carboxylic acids is 1. The summed E-state index contributed by atoms with van der Waals surface area (Å²) in [6.45, 7) is 0. The van der Waals surface area contributed by atoms with E-state index >= 15 is 0 Å². The van der Waals surface area contributed by atoms with Crippen molar-refractivity contribution < 1.29 is 14.7 Å². The Morgan fingerprint density at radius 3 is 2.71 bits per heavy atom. The lowest BCUT2D eigenvalue weighted by molar-refractivity contribution is -0.112. The average molecular weight is 228 g/mol. The lowest BCUT2D eigenvalue weighted by Crippen LogP contribution is -2.06. The van der Waals surface area contributed by atoms with Crippen LogP contribution in [-0.4, -0.2) is 22.0 Å². The number of rotatable bonds is 1. The zero-order valence-corrected chi connectivity index (χ0v) is 8.65. The maximum atomic E-state index is 10.8. The maximum absolute atomic E-state index is 10.8. The lowest BCUT2D eigenvalue weighted by Gasteiger charge is -1.91. The zero-order valence-electron chi connectivity index (χ0n) is 8.65. The molecule has 0 saturated carbocycles. The summed E-state index contributed by atoms with van der Waals surface area (Å²) >= 11 is 0. The molecule has 2 aromatic rings. The van der Waals surface area contributed by atoms with Gasteiger partial charge in [0.15, 0.2) is 0 Å². The molecule has 0 saturated heterocycles. The predicted molar refractivity (Wildman–Crippen MR) is 61.3 cm³/mol. The van der Waals surface area contributed by atoms with Crippen LogP contribution in [-0.2, 0) is 4.79 Å². The summed E-state index contributed by atoms with van der Waals surface area (Å²) in [7, 11) is 0. The Hall–Kier alpha value is -2.74. The zero-order chi connectivity index (χ0) is 12.4. The number of carbonyl (C=O) groups excluding carboxylic acids is 1. The number of H-pyrrole nitrogens is 1. The lowest BCUT2D eigenvalue weighted by atomic mass is 10.1. The van der Waals surface area contributed by atoms with Gasteiger partial charge < -0.3 is 15.8 Å². The van der Waals surface area contributed by atoms with E-state index in [9.17, 15) is 9.59 Å². The number of nitrogens with two attached hydrogens (primary N) is 1. The second-order valence-electron chi connectivity index (χ2n) is 3.40. The van der Waals surface area contributed by atoms with Crippen molar-refractivity contribution in [3.8, 4) is 11.8 Å². The van der Waals surface area contributed by atoms with E-state index in [1.165, 1.54) is 6.07 Å². The van der Waals surface area contributed by atoms with Crippen molar-refractivity contribution in [1.82, 2.24) is 4.98 Å². The van der Waals surface area contributed by atoms with E-state index < -0.39 is 11.9 Å². The molecule has 5 nitrogen and oxygen atoms in total. The van der Waals surface area contributed by atoms with E-state index in [0.717, 1.165) is 5.39 Å². The Bertz CT molecular complexity index is 674. The normalized spacial score (nSPS) is 9.65. The molecule has 0 aliphatic heterocycles. The molecule has 0 unspecified atom stereocenters. The number of hydrogen-bond donors (Lipinski definition) is 3. The Morgan fingerprint density at radius 2 is 2.06 bits per heavy atom. The summed E-state index contributed by atoms with van der Waals surface area (Å²) in [5.41, 5.74) is 6.25. The molecule has 0 spiro atoms. The van der Waals surface area contributed by atoms with Gasteiger partial charge in [-0.15, -0.1) is 0 Å². The van der Waals surface area contributed by atoms with Gasteiger partial charge in [0.25, 0.3) is 5.91 Å². The number of carboxylic acids is 1. The molecule has 84 valence electrons. The summed E-state index contributed by atoms with van der Waals surface area (Å²) in [4.78, 5) is 24.0. The van der Waals surface area contributed by atoms with Gasteiger partial charge in [-0.1, -0.05) is 12.0 Å². The van der Waals surface area contributed by atoms with Crippen molar-refractivity contribution in [3.05, 3.63) is 35.5 Å². The molecule has 0 atom stereocenters. The average Bonchev–Trinajstić information content (AvgIpc) is 2.69. The van der Waals surface area contributed by atoms with Gasteiger partial charge in [0.1, 0.15) is 5.69 Å². The van der Waals surface area contributed by atoms with E-state index in [0.29, 0.717) is 11.1 Å². The topological polar surface area (TPSA) is 96.2 Å². The number of primary amides is 1. The Balaban J connectivity index is 2.48. The van der Waals surface area contributed by atoms with Crippen molar-refractivity contribution in [1.29, 1.82) is 0 Å². The van der Waals surface area contributed by atoms with Gasteiger partial charge in [-0.05, 0) is 24.1 Å². The van der Waals surface area contributed by atoms with E-state index in [4.69, 9.17) is 10.8 Å². The minimum Gasteiger partial charge on any atom is -0.477 e. The fraction of sp³-hybridized carbons (Fsp3) is 0. The van der Waals surface area contributed by atoms with Gasteiger partial charge in [-0.3, -0.25) is 4.79 Å². The fourth-order valence-electron chi connectivity index (χ4n) is 1.45. The largest absolute Gasteiger partial charge is 0.477 e. The number of nitrogens with one attached hydrogen (secondary N) is 1. The number of amides is 1. The van der Waals surface area contributed by atoms with E-state index in [1.807, 2.05) is 0 Å². The molecule has 1 aromatic heterocycles. The first-order chi connectivity index (χ1) is 8.06. The summed E-state index contributed by atoms with van der Waals surface area (Å²) in [6, 6.07) is 6.61. The summed E-state index contributed by atoms with van der Waals surface area (Å²) < 4.78 is 0. The van der Waals surface area contributed by atoms with Crippen LogP contribution in [0.3, 0.4) is 0 Å². The Labute approximate surface area is 96.2 Å². The van der Waals surface area contributed by atoms with E-state index in [1.54, 1.807) is 18.2 Å². The summed E-state index contributed by atoms with van der Waals surface area (Å²) in [5, 5.41) is 9.58. The van der Waals surface area contributed by atoms with Crippen LogP contribution < -0.4 is 5.73 Å². The third-order valence-electron chi connectivity index (χ3n) is 2.18. The summed E-state index contributed by atoms with van der Waals surface area (Å²) in [6.07, 6.45) is 0. The fourth-order valence-corrected chi connectivity index (χ4v) is 1.45. The second kappa shape index (κ2) is 4.02. The van der Waals surface area contributed by atoms with Crippen LogP contribution >= 0.6 is 0 Å². The molecule has 0 aliphatic carbocycles. The Kier molecular flexibility index (Phi) is 2.55. The highest BCUT2D eigenvalue weighted by molar-refractivity contribution is 5.95. The molecule has 1 aromatic carbocycles. The predicted octanol–water partition coefficient (Wildman–Crippen LogP) is 0.703. The highest BCUT2D eigenvalue weighted by Gasteiger charge is 2.06. The molecule has 0 bridgehead atoms. The number of benzene rings is 1. The maximum Gasteiger partial charge on any atom is 0.352 e. The van der Waals surface area contributed by atoms with Crippen LogP contribution in [0.2, 0.25) is 0 Å². The van der Waals surface area contributed by atoms with Crippen LogP contribution in [0.15, 0.2) is 24.3 Å². The molecule has 0 fully saturated rings. The number of aromatic nitrogens is 1. The standard InChI is InChI=1S/C12H8N2O3/c13-11(15)4-2-7-1-3-8-6-10(12(16)17)14-9(8)5-7/h1,3,5-6,14H,(H2,13,15)(H,16,17). The van der Waals surface area contributed by atoms with Gasteiger partial charge >= 0.3 is 5.97 Å². The number of hydrogen-bond acceptors (Lipinski definition) is 2. The van der Waals surface area contributed by atoms with Crippen molar-refractivity contribution >= 4 is 22.8 Å². The first-order valence-electron chi connectivity index (χ1n) is 4.74. The van der Waals surface area contributed by atoms with E-state index in [2.05, 4.69) is 16.8 Å². The molecule has 1 heterocycles. The number of carboxylic acid groups (broad SMARTS) is 1. The molecular weight excluding hydrogens is 220 g/mol. The molecular formula is C12H8N2O3. The van der Waals surface area contributed by atoms with Crippen LogP contribution in [0.25, 0.3) is 10.9 Å². The van der Waals surface area contributed by atoms with Crippen LogP contribution in [0.4, 0.5) is 0 Å². The van der Waals surface area contributed by atoms with Crippen molar-refractivity contribution in [3.63, 3.8) is 0 Å². The van der Waals surface area contributed by atoms with Gasteiger partial charge in [0.05, 0.1) is 0 Å². The van der Waals surface area contributed by atoms with Crippen LogP contribution in [0.1, 0.15) is 16.1 Å². The third-order valence-corrected chi connectivity index (χ3v) is 2.18. The molecule has 5 heteroatoms. The van der Waals surface area contributed by atoms with Gasteiger partial charge in [-0.25, -0.2) is 4.79 Å². The molecule has 1 amide bonds. The highest BCUT2D eigenvalue weighted by atomic mass is 16.4. The van der Waals surface area contributed by atoms with Crippen molar-refractivity contribution in [2.24, 2.45) is 5.73 Å². The van der Waals surface area contributed by atoms with Gasteiger partial charge in [0.2, 0.25) is 0 Å². The monoisotopic (exact) mass is 228 g/mol. The highest BCUT2D eigenvalue weighted by Crippen LogP contribution is 2.16. The number of aromatic amines is 1. The number of carbonyl (C=O) groups is 2. The smallest absolute Gasteiger partial charge is 0.352 e. The SMILES string of the molecule is NC(=O)C#Cc1ccc2cc(C(=O)O)[nH]c2c1. The van der Waals surface area contributed by atoms with Crippen molar-refractivity contribution in [2.75, 3.05) is 0 Å². The first kappa shape index (κ1) is 10.8. The Morgan fingerprint density at radius 1 is 1.29 bits per heavy atom. The molecule has 0 aliphatic rings. The minimum absolute atomic E-state index is 0.111. The minimum atomic E-state index is -1.02. The molecule has 17 heavy (non-hydrogen) atoms. The number of fused-ring (bicyclic) bond motifs is 1. The van der Waals surface area contributed by atoms with E-state index in [-0.39, 0.29) is 5.69 Å². The van der Waals surface area contributed by atoms with Gasteiger partial charge in [0, 0.05) is 16.5 Å². The molecule has 0 radical (unpaired) electrons.